The normalized spacial score (nSPS) is 10.3. The lowest BCUT2D eigenvalue weighted by molar-refractivity contribution is -0.120. The maximum Gasteiger partial charge on any atom is 0.407 e. The molecule has 2 amide bonds. The van der Waals surface area contributed by atoms with Crippen LogP contribution >= 0.6 is 0 Å². The van der Waals surface area contributed by atoms with E-state index in [0.717, 1.165) is 24.8 Å². The second-order valence-electron chi connectivity index (χ2n) is 4.92. The first-order valence-electron chi connectivity index (χ1n) is 7.30. The van der Waals surface area contributed by atoms with Crippen LogP contribution in [-0.2, 0) is 16.1 Å². The molecule has 7 heteroatoms. The Morgan fingerprint density at radius 3 is 2.55 bits per heavy atom. The number of alkyl carbamates (subject to hydrolysis) is 1. The van der Waals surface area contributed by atoms with E-state index in [4.69, 9.17) is 16.2 Å². The first kappa shape index (κ1) is 17.9. The van der Waals surface area contributed by atoms with Crippen molar-refractivity contribution in [2.24, 2.45) is 11.5 Å². The third-order valence-corrected chi connectivity index (χ3v) is 2.89. The van der Waals surface area contributed by atoms with Gasteiger partial charge in [-0.2, -0.15) is 0 Å². The average molecular weight is 312 g/mol. The molecular weight excluding hydrogens is 284 g/mol. The Morgan fingerprint density at radius 2 is 1.86 bits per heavy atom. The zero-order valence-corrected chi connectivity index (χ0v) is 12.6. The molecule has 0 spiro atoms. The van der Waals surface area contributed by atoms with Crippen molar-refractivity contribution in [2.75, 3.05) is 13.1 Å². The van der Waals surface area contributed by atoms with Crippen LogP contribution in [0.4, 0.5) is 4.79 Å². The second kappa shape index (κ2) is 10.6. The molecule has 0 aliphatic rings. The number of nitrogens with two attached hydrogens (primary N) is 2. The fraction of sp³-hybridized carbons (Fsp3) is 0.467. The van der Waals surface area contributed by atoms with Crippen LogP contribution in [0.3, 0.4) is 0 Å². The first-order valence-corrected chi connectivity index (χ1v) is 7.30. The van der Waals surface area contributed by atoms with Crippen molar-refractivity contribution >= 4 is 12.0 Å². The van der Waals surface area contributed by atoms with Crippen LogP contribution in [0.15, 0.2) is 30.3 Å². The van der Waals surface area contributed by atoms with E-state index in [1.165, 1.54) is 0 Å². The van der Waals surface area contributed by atoms with Gasteiger partial charge in [0.25, 0.3) is 0 Å². The zero-order valence-electron chi connectivity index (χ0n) is 12.6. The highest BCUT2D eigenvalue weighted by Gasteiger charge is 2.06. The summed E-state index contributed by atoms with van der Waals surface area (Å²) in [5.41, 5.74) is 11.7. The van der Waals surface area contributed by atoms with Gasteiger partial charge in [-0.05, 0) is 24.8 Å². The Kier molecular flexibility index (Phi) is 8.63. The minimum atomic E-state index is -0.617. The molecule has 0 fully saturated rings. The van der Waals surface area contributed by atoms with Gasteiger partial charge in [0.1, 0.15) is 6.61 Å². The van der Waals surface area contributed by atoms with Gasteiger partial charge in [0.2, 0.25) is 5.91 Å². The molecule has 1 rings (SSSR count). The van der Waals surface area contributed by atoms with Crippen LogP contribution in [0.5, 0.6) is 0 Å². The molecule has 22 heavy (non-hydrogen) atoms. The van der Waals surface area contributed by atoms with Crippen molar-refractivity contribution in [3.8, 4) is 0 Å². The molecule has 7 nitrogen and oxygen atoms in total. The molecule has 0 bridgehead atoms. The minimum Gasteiger partial charge on any atom is -0.445 e. The number of rotatable bonds is 9. The number of unbranched alkanes of at least 4 members (excludes halogenated alkanes) is 1. The Bertz CT molecular complexity index is 461. The van der Waals surface area contributed by atoms with E-state index in [-0.39, 0.29) is 28.1 Å². The smallest absolute Gasteiger partial charge is 0.407 e. The fourth-order valence-corrected chi connectivity index (χ4v) is 1.72. The summed E-state index contributed by atoms with van der Waals surface area (Å²) in [6, 6.07) is 9.32. The minimum absolute atomic E-state index is 0. The highest BCUT2D eigenvalue weighted by atomic mass is 16.5. The molecule has 0 aliphatic carbocycles. The Labute approximate surface area is 133 Å². The summed E-state index contributed by atoms with van der Waals surface area (Å²) in [6.45, 7) is 0.601. The number of nitrogens with one attached hydrogen (secondary N) is 2. The zero-order chi connectivity index (χ0) is 16.2. The largest absolute Gasteiger partial charge is 0.445 e. The lowest BCUT2D eigenvalue weighted by atomic mass is 10.2. The standard InChI is InChI=1S/C15H24N4O3.2H2/c16-13(17)8-4-5-9-18-14(20)10-19-15(21)22-11-12-6-2-1-3-7-12;;/h1-3,6-7,13H,4-5,8-11,16-17H2,(H,18,20)(H,19,21);2*1H. The van der Waals surface area contributed by atoms with E-state index in [1.54, 1.807) is 0 Å². The van der Waals surface area contributed by atoms with E-state index in [2.05, 4.69) is 10.6 Å². The molecule has 126 valence electrons. The molecule has 0 aromatic heterocycles. The number of ether oxygens (including phenoxy) is 1. The number of carbonyl (C=O) groups excluding carboxylic acids is 2. The van der Waals surface area contributed by atoms with E-state index >= 15 is 0 Å². The highest BCUT2D eigenvalue weighted by Crippen LogP contribution is 2.00. The third-order valence-electron chi connectivity index (χ3n) is 2.89. The van der Waals surface area contributed by atoms with Crippen molar-refractivity contribution in [1.29, 1.82) is 0 Å². The van der Waals surface area contributed by atoms with Crippen LogP contribution in [0.2, 0.25) is 0 Å². The Morgan fingerprint density at radius 1 is 1.14 bits per heavy atom. The molecule has 0 saturated carbocycles. The molecular formula is C15H28N4O3. The third kappa shape index (κ3) is 8.93. The second-order valence-corrected chi connectivity index (χ2v) is 4.92. The first-order chi connectivity index (χ1) is 10.6. The average Bonchev–Trinajstić information content (AvgIpc) is 2.51. The highest BCUT2D eigenvalue weighted by molar-refractivity contribution is 5.82. The molecule has 0 saturated heterocycles. The van der Waals surface area contributed by atoms with Crippen molar-refractivity contribution in [1.82, 2.24) is 10.6 Å². The molecule has 6 N–H and O–H groups in total. The van der Waals surface area contributed by atoms with Gasteiger partial charge in [-0.1, -0.05) is 30.3 Å². The van der Waals surface area contributed by atoms with Crippen LogP contribution in [0.1, 0.15) is 27.7 Å². The summed E-state index contributed by atoms with van der Waals surface area (Å²) < 4.78 is 4.99. The molecule has 0 heterocycles. The molecule has 0 atom stereocenters. The van der Waals surface area contributed by atoms with Crippen molar-refractivity contribution in [3.05, 3.63) is 35.9 Å². The van der Waals surface area contributed by atoms with Gasteiger partial charge in [0.05, 0.1) is 12.7 Å². The van der Waals surface area contributed by atoms with Crippen molar-refractivity contribution in [3.63, 3.8) is 0 Å². The number of carbonyl (C=O) groups is 2. The topological polar surface area (TPSA) is 119 Å². The summed E-state index contributed by atoms with van der Waals surface area (Å²) in [6.07, 6.45) is 1.45. The van der Waals surface area contributed by atoms with Gasteiger partial charge in [-0.3, -0.25) is 4.79 Å². The van der Waals surface area contributed by atoms with Crippen molar-refractivity contribution in [2.45, 2.75) is 32.0 Å². The van der Waals surface area contributed by atoms with E-state index in [0.29, 0.717) is 6.54 Å². The van der Waals surface area contributed by atoms with Crippen LogP contribution in [0.25, 0.3) is 0 Å². The number of hydrogen-bond acceptors (Lipinski definition) is 5. The van der Waals surface area contributed by atoms with Gasteiger partial charge in [-0.15, -0.1) is 0 Å². The maximum absolute atomic E-state index is 11.5. The van der Waals surface area contributed by atoms with Crippen LogP contribution < -0.4 is 22.1 Å². The summed E-state index contributed by atoms with van der Waals surface area (Å²) in [5.74, 6) is -0.256. The molecule has 0 aliphatic heterocycles. The van der Waals surface area contributed by atoms with E-state index < -0.39 is 6.09 Å². The number of hydrogen-bond donors (Lipinski definition) is 4. The summed E-state index contributed by atoms with van der Waals surface area (Å²) in [5, 5.41) is 5.09. The molecule has 0 radical (unpaired) electrons. The van der Waals surface area contributed by atoms with Crippen molar-refractivity contribution < 1.29 is 17.2 Å². The number of benzene rings is 1. The summed E-state index contributed by atoms with van der Waals surface area (Å²) in [4.78, 5) is 22.9. The van der Waals surface area contributed by atoms with Gasteiger partial charge >= 0.3 is 6.09 Å². The summed E-state index contributed by atoms with van der Waals surface area (Å²) >= 11 is 0. The van der Waals surface area contributed by atoms with E-state index in [1.807, 2.05) is 30.3 Å². The van der Waals surface area contributed by atoms with Gasteiger partial charge in [-0.25, -0.2) is 4.79 Å². The number of amides is 2. The van der Waals surface area contributed by atoms with Gasteiger partial charge in [0.15, 0.2) is 0 Å². The van der Waals surface area contributed by atoms with Crippen LogP contribution in [0, 0.1) is 0 Å². The maximum atomic E-state index is 11.5. The van der Waals surface area contributed by atoms with Gasteiger partial charge in [0, 0.05) is 9.40 Å². The Hall–Kier alpha value is -2.12. The lowest BCUT2D eigenvalue weighted by Crippen LogP contribution is -2.37. The van der Waals surface area contributed by atoms with Crippen LogP contribution in [-0.4, -0.2) is 31.3 Å². The summed E-state index contributed by atoms with van der Waals surface area (Å²) in [7, 11) is 0. The quantitative estimate of drug-likeness (QED) is 0.399. The molecule has 1 aromatic rings. The lowest BCUT2D eigenvalue weighted by Gasteiger charge is -2.08. The SMILES string of the molecule is NC(N)CCCCNC(=O)CNC(=O)OCc1ccccc1.[HH].[HH]. The monoisotopic (exact) mass is 312 g/mol. The predicted octanol–water partition coefficient (Wildman–Crippen LogP) is 0.935. The molecule has 0 unspecified atom stereocenters. The van der Waals surface area contributed by atoms with E-state index in [9.17, 15) is 9.59 Å². The predicted molar refractivity (Wildman–Crippen MR) is 87.9 cm³/mol. The Balaban J connectivity index is 0. The molecule has 1 aromatic carbocycles. The van der Waals surface area contributed by atoms with Gasteiger partial charge < -0.3 is 26.8 Å². The fourth-order valence-electron chi connectivity index (χ4n) is 1.72.